The van der Waals surface area contributed by atoms with Crippen LogP contribution in [0.5, 0.6) is 5.75 Å². The second-order valence-electron chi connectivity index (χ2n) is 7.94. The van der Waals surface area contributed by atoms with Crippen molar-refractivity contribution in [1.82, 2.24) is 9.88 Å². The van der Waals surface area contributed by atoms with E-state index in [-0.39, 0.29) is 17.9 Å². The van der Waals surface area contributed by atoms with Crippen LogP contribution >= 0.6 is 0 Å². The van der Waals surface area contributed by atoms with E-state index in [1.54, 1.807) is 7.11 Å². The third-order valence-electron chi connectivity index (χ3n) is 5.89. The van der Waals surface area contributed by atoms with Gasteiger partial charge >= 0.3 is 0 Å². The minimum atomic E-state index is -0.0556. The number of hydrogen-bond acceptors (Lipinski definition) is 2. The van der Waals surface area contributed by atoms with Crippen molar-refractivity contribution in [2.24, 2.45) is 7.05 Å². The first-order valence-corrected chi connectivity index (χ1v) is 10.6. The fraction of sp³-hybridized carbons (Fsp3) is 0.222. The Morgan fingerprint density at radius 1 is 0.935 bits per heavy atom. The number of aromatic nitrogens is 1. The molecule has 1 heterocycles. The van der Waals surface area contributed by atoms with Crippen molar-refractivity contribution in [3.8, 4) is 5.75 Å². The summed E-state index contributed by atoms with van der Waals surface area (Å²) in [6.07, 6.45) is 2.52. The van der Waals surface area contributed by atoms with Gasteiger partial charge in [-0.25, -0.2) is 0 Å². The van der Waals surface area contributed by atoms with E-state index in [2.05, 4.69) is 53.5 Å². The van der Waals surface area contributed by atoms with Crippen molar-refractivity contribution in [3.63, 3.8) is 0 Å². The summed E-state index contributed by atoms with van der Waals surface area (Å²) in [6, 6.07) is 26.4. The predicted molar refractivity (Wildman–Crippen MR) is 125 cm³/mol. The van der Waals surface area contributed by atoms with Crippen molar-refractivity contribution in [2.45, 2.75) is 25.3 Å². The molecule has 2 atom stereocenters. The van der Waals surface area contributed by atoms with Crippen LogP contribution in [0.2, 0.25) is 0 Å². The summed E-state index contributed by atoms with van der Waals surface area (Å²) in [5, 5.41) is 4.35. The van der Waals surface area contributed by atoms with E-state index in [1.807, 2.05) is 55.5 Å². The SMILES string of the molecule is COc1ccc([C@H](CC(=O)N[C@H](C)c2ccccc2)c2cn(C)c3ccccc23)cc1. The Hall–Kier alpha value is -3.53. The first-order valence-electron chi connectivity index (χ1n) is 10.6. The normalized spacial score (nSPS) is 13.0. The number of benzene rings is 3. The van der Waals surface area contributed by atoms with Crippen molar-refractivity contribution in [1.29, 1.82) is 0 Å². The number of methoxy groups -OCH3 is 1. The quantitative estimate of drug-likeness (QED) is 0.430. The third kappa shape index (κ3) is 4.48. The number of nitrogens with one attached hydrogen (secondary N) is 1. The van der Waals surface area contributed by atoms with Gasteiger partial charge in [0, 0.05) is 36.5 Å². The Morgan fingerprint density at radius 3 is 2.32 bits per heavy atom. The monoisotopic (exact) mass is 412 g/mol. The minimum absolute atomic E-state index is 0.0325. The Labute approximate surface area is 183 Å². The van der Waals surface area contributed by atoms with E-state index < -0.39 is 0 Å². The summed E-state index contributed by atoms with van der Waals surface area (Å²) < 4.78 is 7.46. The molecule has 0 aliphatic heterocycles. The van der Waals surface area contributed by atoms with Crippen LogP contribution in [0.3, 0.4) is 0 Å². The lowest BCUT2D eigenvalue weighted by Crippen LogP contribution is -2.28. The molecule has 0 unspecified atom stereocenters. The van der Waals surface area contributed by atoms with Crippen LogP contribution in [-0.2, 0) is 11.8 Å². The Kier molecular flexibility index (Phi) is 6.08. The average Bonchev–Trinajstić information content (AvgIpc) is 3.14. The van der Waals surface area contributed by atoms with Crippen molar-refractivity contribution in [3.05, 3.63) is 102 Å². The fourth-order valence-corrected chi connectivity index (χ4v) is 4.21. The molecule has 4 nitrogen and oxygen atoms in total. The van der Waals surface area contributed by atoms with Crippen LogP contribution in [-0.4, -0.2) is 17.6 Å². The Balaban J connectivity index is 1.66. The summed E-state index contributed by atoms with van der Waals surface area (Å²) >= 11 is 0. The number of aryl methyl sites for hydroxylation is 1. The zero-order valence-electron chi connectivity index (χ0n) is 18.2. The first-order chi connectivity index (χ1) is 15.1. The molecule has 1 N–H and O–H groups in total. The van der Waals surface area contributed by atoms with Gasteiger partial charge in [-0.3, -0.25) is 4.79 Å². The summed E-state index contributed by atoms with van der Waals surface area (Å²) in [6.45, 7) is 2.02. The molecule has 0 bridgehead atoms. The molecule has 0 spiro atoms. The molecule has 4 rings (SSSR count). The molecule has 0 aliphatic carbocycles. The van der Waals surface area contributed by atoms with Crippen molar-refractivity contribution >= 4 is 16.8 Å². The zero-order chi connectivity index (χ0) is 21.8. The number of rotatable bonds is 7. The smallest absolute Gasteiger partial charge is 0.221 e. The molecule has 3 aromatic carbocycles. The zero-order valence-corrected chi connectivity index (χ0v) is 18.2. The second-order valence-corrected chi connectivity index (χ2v) is 7.94. The van der Waals surface area contributed by atoms with Crippen LogP contribution in [0.4, 0.5) is 0 Å². The topological polar surface area (TPSA) is 43.3 Å². The molecule has 0 aliphatic rings. The molecule has 0 saturated heterocycles. The van der Waals surface area contributed by atoms with E-state index in [1.165, 1.54) is 5.39 Å². The molecular formula is C27H28N2O2. The maximum absolute atomic E-state index is 13.1. The van der Waals surface area contributed by atoms with Crippen LogP contribution in [0.25, 0.3) is 10.9 Å². The van der Waals surface area contributed by atoms with Gasteiger partial charge in [0.2, 0.25) is 5.91 Å². The van der Waals surface area contributed by atoms with Gasteiger partial charge in [0.1, 0.15) is 5.75 Å². The molecule has 1 aromatic heterocycles. The molecule has 4 aromatic rings. The number of hydrogen-bond donors (Lipinski definition) is 1. The van der Waals surface area contributed by atoms with Gasteiger partial charge in [0.15, 0.2) is 0 Å². The van der Waals surface area contributed by atoms with Crippen molar-refractivity contribution in [2.75, 3.05) is 7.11 Å². The number of ether oxygens (including phenoxy) is 1. The Morgan fingerprint density at radius 2 is 1.61 bits per heavy atom. The van der Waals surface area contributed by atoms with Crippen LogP contribution in [0.15, 0.2) is 85.1 Å². The predicted octanol–water partition coefficient (Wildman–Crippen LogP) is 5.59. The maximum Gasteiger partial charge on any atom is 0.221 e. The minimum Gasteiger partial charge on any atom is -0.497 e. The lowest BCUT2D eigenvalue weighted by atomic mass is 9.87. The van der Waals surface area contributed by atoms with E-state index in [4.69, 9.17) is 4.74 Å². The van der Waals surface area contributed by atoms with Gasteiger partial charge < -0.3 is 14.6 Å². The summed E-state index contributed by atoms with van der Waals surface area (Å²) in [5.41, 5.74) is 4.52. The largest absolute Gasteiger partial charge is 0.497 e. The Bertz CT molecular complexity index is 1160. The maximum atomic E-state index is 13.1. The highest BCUT2D eigenvalue weighted by atomic mass is 16.5. The number of nitrogens with zero attached hydrogens (tertiary/aromatic N) is 1. The van der Waals surface area contributed by atoms with Gasteiger partial charge in [-0.15, -0.1) is 0 Å². The average molecular weight is 413 g/mol. The summed E-state index contributed by atoms with van der Waals surface area (Å²) in [7, 11) is 3.71. The van der Waals surface area contributed by atoms with Crippen molar-refractivity contribution < 1.29 is 9.53 Å². The fourth-order valence-electron chi connectivity index (χ4n) is 4.21. The standard InChI is InChI=1S/C27H28N2O2/c1-19(20-9-5-4-6-10-20)28-27(30)17-24(21-13-15-22(31-3)16-14-21)25-18-29(2)26-12-8-7-11-23(25)26/h4-16,18-19,24H,17H2,1-3H3,(H,28,30)/t19-,24+/m1/s1. The number of para-hydroxylation sites is 1. The van der Waals surface area contributed by atoms with E-state index >= 15 is 0 Å². The first kappa shape index (κ1) is 20.7. The molecule has 0 saturated carbocycles. The molecule has 0 fully saturated rings. The highest BCUT2D eigenvalue weighted by Gasteiger charge is 2.23. The molecule has 158 valence electrons. The molecule has 1 amide bonds. The van der Waals surface area contributed by atoms with Crippen LogP contribution in [0, 0.1) is 0 Å². The van der Waals surface area contributed by atoms with Gasteiger partial charge in [-0.1, -0.05) is 60.7 Å². The number of carbonyl (C=O) groups is 1. The van der Waals surface area contributed by atoms with E-state index in [9.17, 15) is 4.79 Å². The second kappa shape index (κ2) is 9.09. The molecular weight excluding hydrogens is 384 g/mol. The van der Waals surface area contributed by atoms with Gasteiger partial charge in [0.05, 0.1) is 13.2 Å². The summed E-state index contributed by atoms with van der Waals surface area (Å²) in [4.78, 5) is 13.1. The van der Waals surface area contributed by atoms with Crippen LogP contribution in [0.1, 0.15) is 42.0 Å². The van der Waals surface area contributed by atoms with E-state index in [0.717, 1.165) is 28.0 Å². The lowest BCUT2D eigenvalue weighted by molar-refractivity contribution is -0.121. The molecule has 4 heteroatoms. The van der Waals surface area contributed by atoms with Crippen LogP contribution < -0.4 is 10.1 Å². The molecule has 31 heavy (non-hydrogen) atoms. The summed E-state index contributed by atoms with van der Waals surface area (Å²) in [5.74, 6) is 0.785. The number of amides is 1. The highest BCUT2D eigenvalue weighted by Crippen LogP contribution is 2.35. The van der Waals surface area contributed by atoms with Gasteiger partial charge in [-0.05, 0) is 41.8 Å². The lowest BCUT2D eigenvalue weighted by Gasteiger charge is -2.20. The number of fused-ring (bicyclic) bond motifs is 1. The highest BCUT2D eigenvalue weighted by molar-refractivity contribution is 5.86. The molecule has 0 radical (unpaired) electrons. The van der Waals surface area contributed by atoms with E-state index in [0.29, 0.717) is 6.42 Å². The van der Waals surface area contributed by atoms with Gasteiger partial charge in [-0.2, -0.15) is 0 Å². The van der Waals surface area contributed by atoms with Gasteiger partial charge in [0.25, 0.3) is 0 Å². The number of carbonyl (C=O) groups excluding carboxylic acids is 1. The third-order valence-corrected chi connectivity index (χ3v) is 5.89.